The van der Waals surface area contributed by atoms with E-state index in [0.29, 0.717) is 5.69 Å². The van der Waals surface area contributed by atoms with Crippen molar-refractivity contribution < 1.29 is 4.79 Å². The lowest BCUT2D eigenvalue weighted by atomic mass is 10.2. The van der Waals surface area contributed by atoms with Crippen LogP contribution in [0.3, 0.4) is 0 Å². The van der Waals surface area contributed by atoms with Crippen molar-refractivity contribution in [2.24, 2.45) is 4.99 Å². The van der Waals surface area contributed by atoms with E-state index < -0.39 is 0 Å². The van der Waals surface area contributed by atoms with Gasteiger partial charge < -0.3 is 0 Å². The van der Waals surface area contributed by atoms with Crippen LogP contribution in [0.1, 0.15) is 12.0 Å². The second-order valence-electron chi connectivity index (χ2n) is 2.39. The van der Waals surface area contributed by atoms with Crippen molar-refractivity contribution in [2.45, 2.75) is 6.42 Å². The first-order chi connectivity index (χ1) is 6.86. The van der Waals surface area contributed by atoms with Gasteiger partial charge in [-0.15, -0.1) is 0 Å². The van der Waals surface area contributed by atoms with E-state index >= 15 is 0 Å². The zero-order valence-electron chi connectivity index (χ0n) is 7.32. The van der Waals surface area contributed by atoms with Gasteiger partial charge in [0.25, 0.3) is 0 Å². The molecule has 14 heavy (non-hydrogen) atoms. The van der Waals surface area contributed by atoms with Gasteiger partial charge in [-0.25, -0.2) is 4.79 Å². The summed E-state index contributed by atoms with van der Waals surface area (Å²) in [5.41, 5.74) is 1.25. The van der Waals surface area contributed by atoms with Gasteiger partial charge >= 0.3 is 0 Å². The molecule has 0 spiro atoms. The fourth-order valence-corrected chi connectivity index (χ4v) is 0.892. The molecule has 0 aromatic heterocycles. The molecule has 0 aliphatic rings. The Morgan fingerprint density at radius 2 is 2.29 bits per heavy atom. The highest BCUT2D eigenvalue weighted by Gasteiger charge is 1.89. The predicted octanol–water partition coefficient (Wildman–Crippen LogP) is 1.92. The highest BCUT2D eigenvalue weighted by atomic mass is 16.1. The number of aliphatic imine (C=N–C) groups is 1. The van der Waals surface area contributed by atoms with Crippen LogP contribution >= 0.6 is 0 Å². The maximum atomic E-state index is 9.98. The standard InChI is InChI=1S/C11H6N2O/c12-7-2-1-4-10-5-3-6-11(8-10)13-9-14/h3,5-6,8H,2H2. The molecule has 0 N–H and O–H groups in total. The maximum absolute atomic E-state index is 9.98. The minimum atomic E-state index is 0.196. The van der Waals surface area contributed by atoms with Gasteiger partial charge in [0.15, 0.2) is 0 Å². The Morgan fingerprint density at radius 1 is 1.43 bits per heavy atom. The molecule has 1 aromatic carbocycles. The van der Waals surface area contributed by atoms with Crippen molar-refractivity contribution in [1.82, 2.24) is 0 Å². The average molecular weight is 182 g/mol. The molecule has 1 rings (SSSR count). The van der Waals surface area contributed by atoms with Crippen LogP contribution in [0.5, 0.6) is 0 Å². The van der Waals surface area contributed by atoms with Crippen LogP contribution in [0.2, 0.25) is 0 Å². The molecule has 0 radical (unpaired) electrons. The average Bonchev–Trinajstić information content (AvgIpc) is 2.19. The summed E-state index contributed by atoms with van der Waals surface area (Å²) < 4.78 is 0. The molecule has 0 atom stereocenters. The number of rotatable bonds is 1. The van der Waals surface area contributed by atoms with Gasteiger partial charge in [-0.2, -0.15) is 10.3 Å². The number of hydrogen-bond donors (Lipinski definition) is 0. The molecule has 0 aliphatic heterocycles. The summed E-state index contributed by atoms with van der Waals surface area (Å²) >= 11 is 0. The van der Waals surface area contributed by atoms with Crippen LogP contribution < -0.4 is 0 Å². The van der Waals surface area contributed by atoms with Crippen molar-refractivity contribution >= 4 is 11.8 Å². The summed E-state index contributed by atoms with van der Waals surface area (Å²) in [5, 5.41) is 8.26. The molecule has 0 saturated carbocycles. The predicted molar refractivity (Wildman–Crippen MR) is 51.3 cm³/mol. The van der Waals surface area contributed by atoms with Crippen molar-refractivity contribution in [3.05, 3.63) is 29.8 Å². The van der Waals surface area contributed by atoms with E-state index in [4.69, 9.17) is 5.26 Å². The van der Waals surface area contributed by atoms with Gasteiger partial charge in [0.2, 0.25) is 6.08 Å². The van der Waals surface area contributed by atoms with Gasteiger partial charge in [0, 0.05) is 5.56 Å². The highest BCUT2D eigenvalue weighted by molar-refractivity contribution is 5.52. The molecule has 3 nitrogen and oxygen atoms in total. The van der Waals surface area contributed by atoms with Crippen LogP contribution in [0.4, 0.5) is 5.69 Å². The SMILES string of the molecule is N#CCC#Cc1cccc(N=C=O)c1. The van der Waals surface area contributed by atoms with Crippen molar-refractivity contribution in [3.8, 4) is 17.9 Å². The van der Waals surface area contributed by atoms with Gasteiger partial charge in [-0.1, -0.05) is 17.9 Å². The molecule has 66 valence electrons. The number of hydrogen-bond acceptors (Lipinski definition) is 3. The molecule has 0 heterocycles. The van der Waals surface area contributed by atoms with Crippen LogP contribution in [-0.4, -0.2) is 6.08 Å². The molecule has 0 amide bonds. The van der Waals surface area contributed by atoms with E-state index in [0.717, 1.165) is 5.56 Å². The first-order valence-corrected chi connectivity index (χ1v) is 3.90. The Labute approximate surface area is 81.7 Å². The summed E-state index contributed by atoms with van der Waals surface area (Å²) in [6, 6.07) is 8.79. The second kappa shape index (κ2) is 5.32. The van der Waals surface area contributed by atoms with Gasteiger partial charge in [-0.05, 0) is 18.2 Å². The van der Waals surface area contributed by atoms with Gasteiger partial charge in [-0.3, -0.25) is 0 Å². The number of benzene rings is 1. The fourth-order valence-electron chi connectivity index (χ4n) is 0.892. The maximum Gasteiger partial charge on any atom is 0.240 e. The van der Waals surface area contributed by atoms with Crippen molar-refractivity contribution in [1.29, 1.82) is 5.26 Å². The number of carbonyl (C=O) groups excluding carboxylic acids is 1. The normalized spacial score (nSPS) is 7.64. The summed E-state index contributed by atoms with van der Waals surface area (Å²) in [4.78, 5) is 13.4. The summed E-state index contributed by atoms with van der Waals surface area (Å²) in [6.07, 6.45) is 1.65. The molecule has 3 heteroatoms. The van der Waals surface area contributed by atoms with E-state index in [1.54, 1.807) is 24.3 Å². The highest BCUT2D eigenvalue weighted by Crippen LogP contribution is 2.12. The molecule has 0 bridgehead atoms. The molecular weight excluding hydrogens is 176 g/mol. The van der Waals surface area contributed by atoms with Crippen LogP contribution in [-0.2, 0) is 4.79 Å². The van der Waals surface area contributed by atoms with Gasteiger partial charge in [0.05, 0.1) is 18.2 Å². The number of isocyanates is 1. The summed E-state index contributed by atoms with van der Waals surface area (Å²) in [5.74, 6) is 5.45. The zero-order valence-corrected chi connectivity index (χ0v) is 7.32. The largest absolute Gasteiger partial charge is 0.240 e. The molecular formula is C11H6N2O. The van der Waals surface area contributed by atoms with Gasteiger partial charge in [0.1, 0.15) is 0 Å². The van der Waals surface area contributed by atoms with Crippen LogP contribution in [0, 0.1) is 23.2 Å². The Hall–Kier alpha value is -2.35. The lowest BCUT2D eigenvalue weighted by Gasteiger charge is -1.90. The third-order valence-electron chi connectivity index (χ3n) is 1.42. The van der Waals surface area contributed by atoms with E-state index in [2.05, 4.69) is 16.8 Å². The lowest BCUT2D eigenvalue weighted by molar-refractivity contribution is 0.565. The monoisotopic (exact) mass is 182 g/mol. The summed E-state index contributed by atoms with van der Waals surface area (Å²) in [7, 11) is 0. The quantitative estimate of drug-likeness (QED) is 0.378. The minimum absolute atomic E-state index is 0.196. The third-order valence-corrected chi connectivity index (χ3v) is 1.42. The topological polar surface area (TPSA) is 53.2 Å². The smallest absolute Gasteiger partial charge is 0.211 e. The van der Waals surface area contributed by atoms with E-state index in [1.165, 1.54) is 6.08 Å². The Kier molecular flexibility index (Phi) is 3.70. The van der Waals surface area contributed by atoms with Crippen molar-refractivity contribution in [3.63, 3.8) is 0 Å². The second-order valence-corrected chi connectivity index (χ2v) is 2.39. The molecule has 0 unspecified atom stereocenters. The number of nitriles is 1. The molecule has 0 aliphatic carbocycles. The first-order valence-electron chi connectivity index (χ1n) is 3.90. The molecule has 0 saturated heterocycles. The Balaban J connectivity index is 2.91. The molecule has 1 aromatic rings. The van der Waals surface area contributed by atoms with Crippen molar-refractivity contribution in [2.75, 3.05) is 0 Å². The number of nitrogens with zero attached hydrogens (tertiary/aromatic N) is 2. The van der Waals surface area contributed by atoms with E-state index in [-0.39, 0.29) is 6.42 Å². The lowest BCUT2D eigenvalue weighted by Crippen LogP contribution is -1.72. The fraction of sp³-hybridized carbons (Fsp3) is 0.0909. The zero-order chi connectivity index (χ0) is 10.2. The van der Waals surface area contributed by atoms with E-state index in [9.17, 15) is 4.79 Å². The Bertz CT molecular complexity index is 468. The molecule has 0 fully saturated rings. The minimum Gasteiger partial charge on any atom is -0.211 e. The third kappa shape index (κ3) is 2.95. The summed E-state index contributed by atoms with van der Waals surface area (Å²) in [6.45, 7) is 0. The van der Waals surface area contributed by atoms with Crippen LogP contribution in [0.25, 0.3) is 0 Å². The van der Waals surface area contributed by atoms with E-state index in [1.807, 2.05) is 6.07 Å². The van der Waals surface area contributed by atoms with Crippen LogP contribution in [0.15, 0.2) is 29.3 Å². The first kappa shape index (κ1) is 9.74. The Morgan fingerprint density at radius 3 is 3.00 bits per heavy atom.